The van der Waals surface area contributed by atoms with Crippen molar-refractivity contribution in [2.45, 2.75) is 6.92 Å². The average Bonchev–Trinajstić information content (AvgIpc) is 2.19. The summed E-state index contributed by atoms with van der Waals surface area (Å²) in [5.41, 5.74) is 1.39. The minimum Gasteiger partial charge on any atom is -0.515 e. The minimum atomic E-state index is -0.231. The Labute approximate surface area is 88.7 Å². The van der Waals surface area contributed by atoms with Crippen molar-refractivity contribution in [2.75, 3.05) is 5.32 Å². The lowest BCUT2D eigenvalue weighted by Crippen LogP contribution is -2.07. The third kappa shape index (κ3) is 2.98. The molecule has 0 saturated carbocycles. The molecule has 0 saturated heterocycles. The van der Waals surface area contributed by atoms with Crippen molar-refractivity contribution < 1.29 is 9.90 Å². The topological polar surface area (TPSA) is 49.3 Å². The van der Waals surface area contributed by atoms with Crippen LogP contribution in [0.3, 0.4) is 0 Å². The highest BCUT2D eigenvalue weighted by Crippen LogP contribution is 2.13. The molecule has 0 aliphatic heterocycles. The molecule has 15 heavy (non-hydrogen) atoms. The number of hydrogen-bond acceptors (Lipinski definition) is 3. The maximum atomic E-state index is 11.1. The largest absolute Gasteiger partial charge is 0.515 e. The number of aliphatic hydroxyl groups excluding tert-OH is 1. The number of allylic oxidation sites excluding steroid dienone is 1. The van der Waals surface area contributed by atoms with Crippen molar-refractivity contribution in [3.05, 3.63) is 54.4 Å². The van der Waals surface area contributed by atoms with Crippen molar-refractivity contribution in [3.8, 4) is 0 Å². The Morgan fingerprint density at radius 2 is 2.00 bits per heavy atom. The fraction of sp³-hybridized carbons (Fsp3) is 0.0833. The lowest BCUT2D eigenvalue weighted by molar-refractivity contribution is -0.113. The average molecular weight is 203 g/mol. The summed E-state index contributed by atoms with van der Waals surface area (Å²) < 4.78 is 0. The molecule has 0 aromatic heterocycles. The molecule has 0 fully saturated rings. The Balaban J connectivity index is 2.76. The molecule has 0 spiro atoms. The summed E-state index contributed by atoms with van der Waals surface area (Å²) in [7, 11) is 0. The van der Waals surface area contributed by atoms with E-state index in [1.807, 2.05) is 30.3 Å². The van der Waals surface area contributed by atoms with E-state index in [9.17, 15) is 4.79 Å². The quantitative estimate of drug-likeness (QED) is 0.449. The number of aliphatic hydroxyl groups is 1. The van der Waals surface area contributed by atoms with Gasteiger partial charge in [-0.15, -0.1) is 0 Å². The fourth-order valence-electron chi connectivity index (χ4n) is 1.14. The number of anilines is 1. The van der Waals surface area contributed by atoms with Crippen LogP contribution in [0.25, 0.3) is 0 Å². The van der Waals surface area contributed by atoms with Gasteiger partial charge in [0.1, 0.15) is 0 Å². The summed E-state index contributed by atoms with van der Waals surface area (Å²) in [6.45, 7) is 5.06. The van der Waals surface area contributed by atoms with E-state index in [4.69, 9.17) is 5.11 Å². The Hall–Kier alpha value is -2.03. The molecule has 78 valence electrons. The van der Waals surface area contributed by atoms with Crippen LogP contribution in [0.1, 0.15) is 6.92 Å². The van der Waals surface area contributed by atoms with Crippen molar-refractivity contribution in [3.63, 3.8) is 0 Å². The number of ketones is 1. The van der Waals surface area contributed by atoms with Gasteiger partial charge >= 0.3 is 0 Å². The molecular weight excluding hydrogens is 190 g/mol. The monoisotopic (exact) mass is 203 g/mol. The zero-order valence-corrected chi connectivity index (χ0v) is 8.53. The number of carbonyl (C=O) groups excluding carboxylic acids is 1. The van der Waals surface area contributed by atoms with E-state index >= 15 is 0 Å². The van der Waals surface area contributed by atoms with Crippen molar-refractivity contribution >= 4 is 11.5 Å². The van der Waals surface area contributed by atoms with E-state index in [0.717, 1.165) is 11.9 Å². The highest BCUT2D eigenvalue weighted by atomic mass is 16.2. The maximum absolute atomic E-state index is 11.1. The number of para-hydroxylation sites is 1. The molecule has 1 aromatic rings. The lowest BCUT2D eigenvalue weighted by Gasteiger charge is -2.09. The Morgan fingerprint density at radius 1 is 1.40 bits per heavy atom. The molecule has 2 N–H and O–H groups in total. The predicted octanol–water partition coefficient (Wildman–Crippen LogP) is 2.64. The van der Waals surface area contributed by atoms with Gasteiger partial charge in [0, 0.05) is 11.4 Å². The molecule has 1 aromatic carbocycles. The molecule has 0 bridgehead atoms. The molecule has 0 unspecified atom stereocenters. The molecule has 1 rings (SSSR count). The van der Waals surface area contributed by atoms with Crippen LogP contribution in [0.2, 0.25) is 0 Å². The molecule has 0 amide bonds. The van der Waals surface area contributed by atoms with E-state index < -0.39 is 0 Å². The van der Waals surface area contributed by atoms with Crippen LogP contribution in [0.4, 0.5) is 5.69 Å². The zero-order chi connectivity index (χ0) is 11.3. The molecule has 0 atom stereocenters. The molecule has 0 aliphatic rings. The van der Waals surface area contributed by atoms with Gasteiger partial charge in [-0.3, -0.25) is 4.79 Å². The van der Waals surface area contributed by atoms with Crippen molar-refractivity contribution in [1.29, 1.82) is 0 Å². The van der Waals surface area contributed by atoms with Crippen LogP contribution in [0.5, 0.6) is 0 Å². The molecular formula is C12H13NO2. The number of hydrogen-bond donors (Lipinski definition) is 2. The van der Waals surface area contributed by atoms with Gasteiger partial charge in [-0.2, -0.15) is 0 Å². The summed E-state index contributed by atoms with van der Waals surface area (Å²) in [5.74, 6) is -0.231. The Bertz CT molecular complexity index is 393. The molecule has 0 aliphatic carbocycles. The van der Waals surface area contributed by atoms with Crippen LogP contribution < -0.4 is 5.32 Å². The van der Waals surface area contributed by atoms with Gasteiger partial charge in [-0.1, -0.05) is 24.8 Å². The summed E-state index contributed by atoms with van der Waals surface area (Å²) in [6.07, 6.45) is 0.764. The van der Waals surface area contributed by atoms with Gasteiger partial charge in [-0.05, 0) is 19.1 Å². The first-order valence-electron chi connectivity index (χ1n) is 4.52. The summed E-state index contributed by atoms with van der Waals surface area (Å²) >= 11 is 0. The summed E-state index contributed by atoms with van der Waals surface area (Å²) in [6, 6.07) is 9.32. The highest BCUT2D eigenvalue weighted by molar-refractivity contribution is 5.98. The van der Waals surface area contributed by atoms with Crippen LogP contribution in [-0.4, -0.2) is 10.9 Å². The smallest absolute Gasteiger partial charge is 0.164 e. The van der Waals surface area contributed by atoms with Gasteiger partial charge in [0.05, 0.1) is 11.8 Å². The molecule has 0 radical (unpaired) electrons. The fourth-order valence-corrected chi connectivity index (χ4v) is 1.14. The number of rotatable bonds is 4. The number of carbonyl (C=O) groups is 1. The summed E-state index contributed by atoms with van der Waals surface area (Å²) in [5, 5.41) is 11.8. The minimum absolute atomic E-state index is 0.179. The second kappa shape index (κ2) is 5.00. The van der Waals surface area contributed by atoms with E-state index in [1.165, 1.54) is 6.92 Å². The summed E-state index contributed by atoms with van der Waals surface area (Å²) in [4.78, 5) is 11.1. The lowest BCUT2D eigenvalue weighted by atomic mass is 10.1. The van der Waals surface area contributed by atoms with E-state index in [2.05, 4.69) is 11.9 Å². The normalized spacial score (nSPS) is 10.9. The third-order valence-electron chi connectivity index (χ3n) is 1.90. The van der Waals surface area contributed by atoms with Crippen molar-refractivity contribution in [1.82, 2.24) is 0 Å². The molecule has 3 heteroatoms. The number of nitrogens with one attached hydrogen (secondary N) is 1. The highest BCUT2D eigenvalue weighted by Gasteiger charge is 2.08. The first kappa shape index (κ1) is 11.0. The second-order valence-corrected chi connectivity index (χ2v) is 3.07. The predicted molar refractivity (Wildman–Crippen MR) is 60.6 cm³/mol. The Kier molecular flexibility index (Phi) is 3.68. The van der Waals surface area contributed by atoms with Crippen LogP contribution in [0.15, 0.2) is 54.4 Å². The Morgan fingerprint density at radius 3 is 2.47 bits per heavy atom. The van der Waals surface area contributed by atoms with E-state index in [0.29, 0.717) is 5.70 Å². The van der Waals surface area contributed by atoms with Gasteiger partial charge in [0.2, 0.25) is 0 Å². The zero-order valence-electron chi connectivity index (χ0n) is 8.53. The first-order chi connectivity index (χ1) is 7.15. The third-order valence-corrected chi connectivity index (χ3v) is 1.90. The standard InChI is InChI=1S/C12H13NO2/c1-9(12(8-14)10(2)15)13-11-6-4-3-5-7-11/h3-8,13-14H,1H2,2H3. The number of benzene rings is 1. The SMILES string of the molecule is C=C(Nc1ccccc1)C(=CO)C(C)=O. The maximum Gasteiger partial charge on any atom is 0.164 e. The van der Waals surface area contributed by atoms with Crippen LogP contribution in [0, 0.1) is 0 Å². The van der Waals surface area contributed by atoms with E-state index in [-0.39, 0.29) is 11.4 Å². The van der Waals surface area contributed by atoms with Crippen molar-refractivity contribution in [2.24, 2.45) is 0 Å². The second-order valence-electron chi connectivity index (χ2n) is 3.07. The van der Waals surface area contributed by atoms with Gasteiger partial charge in [0.25, 0.3) is 0 Å². The van der Waals surface area contributed by atoms with Gasteiger partial charge < -0.3 is 10.4 Å². The van der Waals surface area contributed by atoms with Crippen LogP contribution >= 0.6 is 0 Å². The molecule has 3 nitrogen and oxygen atoms in total. The van der Waals surface area contributed by atoms with Crippen LogP contribution in [-0.2, 0) is 4.79 Å². The van der Waals surface area contributed by atoms with E-state index in [1.54, 1.807) is 0 Å². The molecule has 0 heterocycles. The van der Waals surface area contributed by atoms with Gasteiger partial charge in [-0.25, -0.2) is 0 Å². The number of Topliss-reactive ketones (excluding diaryl/α,β-unsaturated/α-hetero) is 1. The first-order valence-corrected chi connectivity index (χ1v) is 4.52. The van der Waals surface area contributed by atoms with Gasteiger partial charge in [0.15, 0.2) is 5.78 Å².